The number of aryl methyl sites for hydroxylation is 1. The molecule has 4 rings (SSSR count). The van der Waals surface area contributed by atoms with Crippen molar-refractivity contribution in [1.82, 2.24) is 19.8 Å². The molecular formula is C27H36N4O3. The lowest BCUT2D eigenvalue weighted by Gasteiger charge is -2.36. The molecular weight excluding hydrogens is 428 g/mol. The van der Waals surface area contributed by atoms with E-state index in [1.807, 2.05) is 16.7 Å². The van der Waals surface area contributed by atoms with Gasteiger partial charge < -0.3 is 14.8 Å². The van der Waals surface area contributed by atoms with Crippen LogP contribution in [0.25, 0.3) is 0 Å². The zero-order chi connectivity index (χ0) is 24.1. The summed E-state index contributed by atoms with van der Waals surface area (Å²) in [6.45, 7) is 5.50. The highest BCUT2D eigenvalue weighted by Crippen LogP contribution is 2.31. The van der Waals surface area contributed by atoms with Crippen LogP contribution in [-0.4, -0.2) is 38.9 Å². The Morgan fingerprint density at radius 3 is 2.53 bits per heavy atom. The van der Waals surface area contributed by atoms with Crippen molar-refractivity contribution < 1.29 is 9.59 Å². The quantitative estimate of drug-likeness (QED) is 0.661. The van der Waals surface area contributed by atoms with Crippen LogP contribution in [-0.2, 0) is 6.54 Å². The van der Waals surface area contributed by atoms with Gasteiger partial charge in [0, 0.05) is 43.9 Å². The number of nitrogens with zero attached hydrogens (tertiary/aromatic N) is 3. The summed E-state index contributed by atoms with van der Waals surface area (Å²) in [7, 11) is 0. The van der Waals surface area contributed by atoms with Gasteiger partial charge in [0.1, 0.15) is 11.1 Å². The maximum Gasteiger partial charge on any atom is 0.259 e. The highest BCUT2D eigenvalue weighted by molar-refractivity contribution is 5.99. The number of hydrogen-bond acceptors (Lipinski definition) is 4. The van der Waals surface area contributed by atoms with Gasteiger partial charge in [-0.2, -0.15) is 0 Å². The first-order chi connectivity index (χ1) is 16.4. The molecule has 1 N–H and O–H groups in total. The van der Waals surface area contributed by atoms with Gasteiger partial charge in [-0.3, -0.25) is 19.4 Å². The monoisotopic (exact) mass is 464 g/mol. The van der Waals surface area contributed by atoms with Crippen molar-refractivity contribution in [3.8, 4) is 0 Å². The molecule has 2 aliphatic rings. The van der Waals surface area contributed by atoms with E-state index in [1.54, 1.807) is 29.7 Å². The predicted octanol–water partition coefficient (Wildman–Crippen LogP) is 4.33. The molecule has 1 aliphatic heterocycles. The highest BCUT2D eigenvalue weighted by atomic mass is 16.2. The number of amides is 2. The molecule has 0 bridgehead atoms. The maximum atomic E-state index is 13.8. The molecule has 0 aromatic carbocycles. The molecule has 0 unspecified atom stereocenters. The topological polar surface area (TPSA) is 84.3 Å². The van der Waals surface area contributed by atoms with Crippen molar-refractivity contribution in [3.63, 3.8) is 0 Å². The van der Waals surface area contributed by atoms with Gasteiger partial charge in [0.25, 0.3) is 11.8 Å². The fraction of sp³-hybridized carbons (Fsp3) is 0.556. The number of likely N-dealkylation sites (tertiary alicyclic amines) is 1. The lowest BCUT2D eigenvalue weighted by molar-refractivity contribution is 0.0609. The SMILES string of the molecule is CC(C)CCn1cc(C(=O)NC2CCCC2)c(=O)c(C(=O)N2CCCC[C@H]2c2cccnc2)c1. The van der Waals surface area contributed by atoms with E-state index in [-0.39, 0.29) is 35.0 Å². The number of pyridine rings is 2. The van der Waals surface area contributed by atoms with Crippen molar-refractivity contribution in [2.45, 2.75) is 83.8 Å². The fourth-order valence-corrected chi connectivity index (χ4v) is 5.06. The number of carbonyl (C=O) groups is 2. The lowest BCUT2D eigenvalue weighted by Crippen LogP contribution is -2.42. The van der Waals surface area contributed by atoms with Gasteiger partial charge in [-0.1, -0.05) is 32.8 Å². The summed E-state index contributed by atoms with van der Waals surface area (Å²) in [4.78, 5) is 46.4. The van der Waals surface area contributed by atoms with Crippen LogP contribution in [0.1, 0.15) is 97.5 Å². The zero-order valence-electron chi connectivity index (χ0n) is 20.3. The Hall–Kier alpha value is -2.96. The molecule has 2 aromatic rings. The normalized spacial score (nSPS) is 18.9. The third-order valence-electron chi connectivity index (χ3n) is 7.04. The first-order valence-electron chi connectivity index (χ1n) is 12.7. The molecule has 7 heteroatoms. The first kappa shape index (κ1) is 24.2. The molecule has 2 amide bonds. The van der Waals surface area contributed by atoms with Gasteiger partial charge >= 0.3 is 0 Å². The molecule has 1 atom stereocenters. The second-order valence-corrected chi connectivity index (χ2v) is 10.1. The molecule has 3 heterocycles. The smallest absolute Gasteiger partial charge is 0.259 e. The summed E-state index contributed by atoms with van der Waals surface area (Å²) >= 11 is 0. The van der Waals surface area contributed by atoms with E-state index >= 15 is 0 Å². The van der Waals surface area contributed by atoms with Crippen molar-refractivity contribution in [2.75, 3.05) is 6.54 Å². The Morgan fingerprint density at radius 1 is 1.09 bits per heavy atom. The Kier molecular flexibility index (Phi) is 7.80. The summed E-state index contributed by atoms with van der Waals surface area (Å²) in [5.74, 6) is -0.203. The van der Waals surface area contributed by atoms with Gasteiger partial charge in [0.15, 0.2) is 0 Å². The summed E-state index contributed by atoms with van der Waals surface area (Å²) < 4.78 is 1.85. The molecule has 2 fully saturated rings. The Bertz CT molecular complexity index is 1060. The van der Waals surface area contributed by atoms with Gasteiger partial charge in [0.05, 0.1) is 6.04 Å². The van der Waals surface area contributed by atoms with Crippen LogP contribution in [0, 0.1) is 5.92 Å². The van der Waals surface area contributed by atoms with Gasteiger partial charge in [0.2, 0.25) is 5.43 Å². The second kappa shape index (κ2) is 11.0. The summed E-state index contributed by atoms with van der Waals surface area (Å²) in [5, 5.41) is 3.02. The summed E-state index contributed by atoms with van der Waals surface area (Å²) in [6.07, 6.45) is 14.5. The van der Waals surface area contributed by atoms with E-state index in [9.17, 15) is 14.4 Å². The zero-order valence-corrected chi connectivity index (χ0v) is 20.3. The van der Waals surface area contributed by atoms with E-state index in [0.29, 0.717) is 19.0 Å². The van der Waals surface area contributed by atoms with Crippen molar-refractivity contribution >= 4 is 11.8 Å². The second-order valence-electron chi connectivity index (χ2n) is 10.1. The number of carbonyl (C=O) groups excluding carboxylic acids is 2. The minimum atomic E-state index is -0.475. The number of aromatic nitrogens is 2. The van der Waals surface area contributed by atoms with Crippen LogP contribution < -0.4 is 10.7 Å². The van der Waals surface area contributed by atoms with Crippen LogP contribution >= 0.6 is 0 Å². The van der Waals surface area contributed by atoms with E-state index in [4.69, 9.17) is 0 Å². The molecule has 182 valence electrons. The molecule has 7 nitrogen and oxygen atoms in total. The number of hydrogen-bond donors (Lipinski definition) is 1. The van der Waals surface area contributed by atoms with Crippen molar-refractivity contribution in [2.24, 2.45) is 5.92 Å². The highest BCUT2D eigenvalue weighted by Gasteiger charge is 2.31. The summed E-state index contributed by atoms with van der Waals surface area (Å²) in [5.41, 5.74) is 0.651. The molecule has 1 saturated carbocycles. The van der Waals surface area contributed by atoms with Crippen molar-refractivity contribution in [1.29, 1.82) is 0 Å². The Morgan fingerprint density at radius 2 is 1.82 bits per heavy atom. The third kappa shape index (κ3) is 5.57. The van der Waals surface area contributed by atoms with Crippen LogP contribution in [0.2, 0.25) is 0 Å². The van der Waals surface area contributed by atoms with Crippen molar-refractivity contribution in [3.05, 3.63) is 63.8 Å². The summed E-state index contributed by atoms with van der Waals surface area (Å²) in [6, 6.07) is 3.84. The number of nitrogens with one attached hydrogen (secondary N) is 1. The Labute approximate surface area is 201 Å². The van der Waals surface area contributed by atoms with E-state index < -0.39 is 5.43 Å². The van der Waals surface area contributed by atoms with E-state index in [2.05, 4.69) is 24.1 Å². The van der Waals surface area contributed by atoms with Crippen LogP contribution in [0.15, 0.2) is 41.7 Å². The first-order valence-corrected chi connectivity index (χ1v) is 12.7. The largest absolute Gasteiger partial charge is 0.352 e. The Balaban J connectivity index is 1.68. The third-order valence-corrected chi connectivity index (χ3v) is 7.04. The predicted molar refractivity (Wildman–Crippen MR) is 132 cm³/mol. The average molecular weight is 465 g/mol. The molecule has 1 saturated heterocycles. The van der Waals surface area contributed by atoms with Gasteiger partial charge in [-0.25, -0.2) is 0 Å². The van der Waals surface area contributed by atoms with E-state index in [1.165, 1.54) is 0 Å². The van der Waals surface area contributed by atoms with Crippen LogP contribution in [0.5, 0.6) is 0 Å². The van der Waals surface area contributed by atoms with E-state index in [0.717, 1.165) is 56.9 Å². The number of piperidine rings is 1. The minimum Gasteiger partial charge on any atom is -0.352 e. The van der Waals surface area contributed by atoms with Crippen LogP contribution in [0.3, 0.4) is 0 Å². The molecule has 0 spiro atoms. The molecule has 1 aliphatic carbocycles. The minimum absolute atomic E-state index is 0.0662. The van der Waals surface area contributed by atoms with Gasteiger partial charge in [-0.05, 0) is 56.1 Å². The lowest BCUT2D eigenvalue weighted by atomic mass is 9.95. The molecule has 0 radical (unpaired) electrons. The average Bonchev–Trinajstić information content (AvgIpc) is 3.36. The molecule has 34 heavy (non-hydrogen) atoms. The van der Waals surface area contributed by atoms with Crippen LogP contribution in [0.4, 0.5) is 0 Å². The van der Waals surface area contributed by atoms with Gasteiger partial charge in [-0.15, -0.1) is 0 Å². The maximum absolute atomic E-state index is 13.8. The number of rotatable bonds is 7. The fourth-order valence-electron chi connectivity index (χ4n) is 5.06. The standard InChI is InChI=1S/C27H36N4O3/c1-19(2)12-15-30-17-22(26(33)29-21-9-3-4-10-21)25(32)23(18-30)27(34)31-14-6-5-11-24(31)20-8-7-13-28-16-20/h7-8,13,16-19,21,24H,3-6,9-12,14-15H2,1-2H3,(H,29,33)/t24-/m0/s1. The molecule has 2 aromatic heterocycles.